The molecule has 1 aromatic rings. The largest absolute Gasteiger partial charge is 0.349 e. The zero-order valence-electron chi connectivity index (χ0n) is 11.4. The highest BCUT2D eigenvalue weighted by Crippen LogP contribution is 2.17. The molecule has 0 saturated carbocycles. The van der Waals surface area contributed by atoms with Crippen molar-refractivity contribution in [3.63, 3.8) is 0 Å². The smallest absolute Gasteiger partial charge is 0.238 e. The number of primary sulfonamides is 1. The summed E-state index contributed by atoms with van der Waals surface area (Å²) in [6, 6.07) is 6.03. The molecule has 0 bridgehead atoms. The lowest BCUT2D eigenvalue weighted by Crippen LogP contribution is -2.31. The Balaban J connectivity index is 2.89. The van der Waals surface area contributed by atoms with Crippen LogP contribution in [0.25, 0.3) is 0 Å². The molecule has 106 valence electrons. The average Bonchev–Trinajstić information content (AvgIpc) is 2.36. The Kier molecular flexibility index (Phi) is 5.08. The van der Waals surface area contributed by atoms with E-state index in [0.29, 0.717) is 5.56 Å². The van der Waals surface area contributed by atoms with E-state index in [1.54, 1.807) is 12.1 Å². The predicted molar refractivity (Wildman–Crippen MR) is 73.8 cm³/mol. The average molecular weight is 284 g/mol. The van der Waals surface area contributed by atoms with Crippen molar-refractivity contribution >= 4 is 15.9 Å². The SMILES string of the molecule is CCC(C)C(=O)NC(C)c1cccc(S(N)(=O)=O)c1. The highest BCUT2D eigenvalue weighted by Gasteiger charge is 2.16. The normalized spacial score (nSPS) is 14.7. The maximum absolute atomic E-state index is 11.8. The zero-order valence-corrected chi connectivity index (χ0v) is 12.2. The van der Waals surface area contributed by atoms with Crippen molar-refractivity contribution in [3.05, 3.63) is 29.8 Å². The van der Waals surface area contributed by atoms with Crippen molar-refractivity contribution in [3.8, 4) is 0 Å². The van der Waals surface area contributed by atoms with Gasteiger partial charge in [0.15, 0.2) is 0 Å². The molecule has 0 aliphatic carbocycles. The van der Waals surface area contributed by atoms with Crippen molar-refractivity contribution in [2.75, 3.05) is 0 Å². The molecular formula is C13H20N2O3S. The molecule has 0 aromatic heterocycles. The Morgan fingerprint density at radius 2 is 2.00 bits per heavy atom. The fourth-order valence-electron chi connectivity index (χ4n) is 1.59. The zero-order chi connectivity index (χ0) is 14.6. The van der Waals surface area contributed by atoms with E-state index < -0.39 is 10.0 Å². The molecule has 6 heteroatoms. The van der Waals surface area contributed by atoms with E-state index in [4.69, 9.17) is 5.14 Å². The molecule has 3 N–H and O–H groups in total. The van der Waals surface area contributed by atoms with Crippen LogP contribution < -0.4 is 10.5 Å². The highest BCUT2D eigenvalue weighted by atomic mass is 32.2. The van der Waals surface area contributed by atoms with Crippen molar-refractivity contribution in [2.24, 2.45) is 11.1 Å². The van der Waals surface area contributed by atoms with Gasteiger partial charge in [-0.2, -0.15) is 0 Å². The Morgan fingerprint density at radius 3 is 2.53 bits per heavy atom. The van der Waals surface area contributed by atoms with E-state index in [-0.39, 0.29) is 22.8 Å². The third kappa shape index (κ3) is 4.33. The summed E-state index contributed by atoms with van der Waals surface area (Å²) < 4.78 is 22.5. The first kappa shape index (κ1) is 15.7. The summed E-state index contributed by atoms with van der Waals surface area (Å²) in [5.41, 5.74) is 0.711. The summed E-state index contributed by atoms with van der Waals surface area (Å²) in [4.78, 5) is 11.8. The summed E-state index contributed by atoms with van der Waals surface area (Å²) in [6.45, 7) is 5.60. The van der Waals surface area contributed by atoms with Crippen molar-refractivity contribution in [1.82, 2.24) is 5.32 Å². The number of hydrogen-bond acceptors (Lipinski definition) is 3. The standard InChI is InChI=1S/C13H20N2O3S/c1-4-9(2)13(16)15-10(3)11-6-5-7-12(8-11)19(14,17)18/h5-10H,4H2,1-3H3,(H,15,16)(H2,14,17,18). The van der Waals surface area contributed by atoms with Crippen molar-refractivity contribution in [2.45, 2.75) is 38.1 Å². The van der Waals surface area contributed by atoms with E-state index in [1.165, 1.54) is 12.1 Å². The first-order chi connectivity index (χ1) is 8.75. The van der Waals surface area contributed by atoms with Crippen LogP contribution >= 0.6 is 0 Å². The highest BCUT2D eigenvalue weighted by molar-refractivity contribution is 7.89. The van der Waals surface area contributed by atoms with Gasteiger partial charge in [0, 0.05) is 5.92 Å². The fraction of sp³-hybridized carbons (Fsp3) is 0.462. The number of rotatable bonds is 5. The van der Waals surface area contributed by atoms with E-state index in [2.05, 4.69) is 5.32 Å². The van der Waals surface area contributed by atoms with Crippen LogP contribution in [0, 0.1) is 5.92 Å². The molecule has 5 nitrogen and oxygen atoms in total. The number of nitrogens with two attached hydrogens (primary N) is 1. The molecule has 0 spiro atoms. The van der Waals surface area contributed by atoms with Gasteiger partial charge < -0.3 is 5.32 Å². The summed E-state index contributed by atoms with van der Waals surface area (Å²) in [7, 11) is -3.72. The molecule has 2 atom stereocenters. The fourth-order valence-corrected chi connectivity index (χ4v) is 2.15. The van der Waals surface area contributed by atoms with Gasteiger partial charge in [0.05, 0.1) is 10.9 Å². The summed E-state index contributed by atoms with van der Waals surface area (Å²) in [5, 5.41) is 7.93. The lowest BCUT2D eigenvalue weighted by Gasteiger charge is -2.17. The molecule has 0 aliphatic rings. The Morgan fingerprint density at radius 1 is 1.37 bits per heavy atom. The van der Waals surface area contributed by atoms with Crippen LogP contribution in [-0.2, 0) is 14.8 Å². The number of sulfonamides is 1. The van der Waals surface area contributed by atoms with Gasteiger partial charge in [-0.1, -0.05) is 26.0 Å². The van der Waals surface area contributed by atoms with Gasteiger partial charge >= 0.3 is 0 Å². The minimum absolute atomic E-state index is 0.0454. The molecule has 0 fully saturated rings. The maximum atomic E-state index is 11.8. The molecule has 1 amide bonds. The maximum Gasteiger partial charge on any atom is 0.238 e. The second-order valence-corrected chi connectivity index (χ2v) is 6.22. The number of amides is 1. The van der Waals surface area contributed by atoms with Crippen LogP contribution in [0.5, 0.6) is 0 Å². The van der Waals surface area contributed by atoms with Crippen molar-refractivity contribution in [1.29, 1.82) is 0 Å². The van der Waals surface area contributed by atoms with Crippen LogP contribution in [0.1, 0.15) is 38.8 Å². The van der Waals surface area contributed by atoms with E-state index in [9.17, 15) is 13.2 Å². The van der Waals surface area contributed by atoms with Gasteiger partial charge in [0.2, 0.25) is 15.9 Å². The topological polar surface area (TPSA) is 89.3 Å². The Bertz CT molecular complexity index is 555. The lowest BCUT2D eigenvalue weighted by atomic mass is 10.1. The summed E-state index contributed by atoms with van der Waals surface area (Å²) in [6.07, 6.45) is 0.760. The predicted octanol–water partition coefficient (Wildman–Crippen LogP) is 1.56. The van der Waals surface area contributed by atoms with E-state index in [0.717, 1.165) is 6.42 Å². The summed E-state index contributed by atoms with van der Waals surface area (Å²) in [5.74, 6) is -0.111. The van der Waals surface area contributed by atoms with Gasteiger partial charge in [-0.15, -0.1) is 0 Å². The number of benzene rings is 1. The van der Waals surface area contributed by atoms with Crippen LogP contribution in [-0.4, -0.2) is 14.3 Å². The van der Waals surface area contributed by atoms with E-state index >= 15 is 0 Å². The Labute approximate surface area is 114 Å². The van der Waals surface area contributed by atoms with Gasteiger partial charge in [0.1, 0.15) is 0 Å². The molecule has 1 rings (SSSR count). The number of nitrogens with one attached hydrogen (secondary N) is 1. The van der Waals surface area contributed by atoms with Crippen LogP contribution in [0.15, 0.2) is 29.2 Å². The monoisotopic (exact) mass is 284 g/mol. The molecule has 2 unspecified atom stereocenters. The van der Waals surface area contributed by atoms with E-state index in [1.807, 2.05) is 20.8 Å². The molecular weight excluding hydrogens is 264 g/mol. The third-order valence-electron chi connectivity index (χ3n) is 3.11. The minimum Gasteiger partial charge on any atom is -0.349 e. The Hall–Kier alpha value is -1.40. The van der Waals surface area contributed by atoms with Crippen molar-refractivity contribution < 1.29 is 13.2 Å². The van der Waals surface area contributed by atoms with Crippen LogP contribution in [0.3, 0.4) is 0 Å². The molecule has 1 aromatic carbocycles. The number of carbonyl (C=O) groups excluding carboxylic acids is 1. The first-order valence-electron chi connectivity index (χ1n) is 6.18. The van der Waals surface area contributed by atoms with Gasteiger partial charge in [-0.3, -0.25) is 4.79 Å². The molecule has 0 saturated heterocycles. The van der Waals surface area contributed by atoms with Gasteiger partial charge in [-0.05, 0) is 31.0 Å². The van der Waals surface area contributed by atoms with Gasteiger partial charge in [-0.25, -0.2) is 13.6 Å². The molecule has 0 radical (unpaired) electrons. The third-order valence-corrected chi connectivity index (χ3v) is 4.02. The first-order valence-corrected chi connectivity index (χ1v) is 7.73. The van der Waals surface area contributed by atoms with Crippen LogP contribution in [0.4, 0.5) is 0 Å². The molecule has 19 heavy (non-hydrogen) atoms. The minimum atomic E-state index is -3.72. The second kappa shape index (κ2) is 6.16. The number of carbonyl (C=O) groups is 1. The summed E-state index contributed by atoms with van der Waals surface area (Å²) >= 11 is 0. The lowest BCUT2D eigenvalue weighted by molar-refractivity contribution is -0.125. The molecule has 0 aliphatic heterocycles. The second-order valence-electron chi connectivity index (χ2n) is 4.66. The van der Waals surface area contributed by atoms with Gasteiger partial charge in [0.25, 0.3) is 0 Å². The van der Waals surface area contributed by atoms with Crippen LogP contribution in [0.2, 0.25) is 0 Å². The quantitative estimate of drug-likeness (QED) is 0.859. The molecule has 0 heterocycles. The number of hydrogen-bond donors (Lipinski definition) is 2.